The highest BCUT2D eigenvalue weighted by molar-refractivity contribution is 14.1. The minimum absolute atomic E-state index is 0.240. The standard InChI is InChI=1S/C10H11BrIN/c11-7-3-4-9(12)8(5-7)10(13)6-1-2-6/h3-6,10H,1-2,13H2. The lowest BCUT2D eigenvalue weighted by Gasteiger charge is -2.13. The molecule has 1 aromatic carbocycles. The summed E-state index contributed by atoms with van der Waals surface area (Å²) in [5.74, 6) is 0.725. The summed E-state index contributed by atoms with van der Waals surface area (Å²) in [6.45, 7) is 0. The third kappa shape index (κ3) is 2.25. The Kier molecular flexibility index (Phi) is 2.95. The smallest absolute Gasteiger partial charge is 0.0334 e. The minimum Gasteiger partial charge on any atom is -0.324 e. The van der Waals surface area contributed by atoms with Gasteiger partial charge in [0.1, 0.15) is 0 Å². The van der Waals surface area contributed by atoms with E-state index in [-0.39, 0.29) is 6.04 Å². The number of nitrogens with two attached hydrogens (primary N) is 1. The van der Waals surface area contributed by atoms with Crippen molar-refractivity contribution in [1.82, 2.24) is 0 Å². The Morgan fingerprint density at radius 1 is 1.46 bits per heavy atom. The largest absolute Gasteiger partial charge is 0.324 e. The molecule has 0 aromatic heterocycles. The Labute approximate surface area is 100 Å². The molecule has 13 heavy (non-hydrogen) atoms. The van der Waals surface area contributed by atoms with Gasteiger partial charge in [-0.25, -0.2) is 0 Å². The predicted octanol–water partition coefficient (Wildman–Crippen LogP) is 3.46. The summed E-state index contributed by atoms with van der Waals surface area (Å²) in [6, 6.07) is 6.56. The molecule has 1 aliphatic rings. The normalized spacial score (nSPS) is 18.7. The molecule has 0 bridgehead atoms. The SMILES string of the molecule is NC(c1cc(Br)ccc1I)C1CC1. The lowest BCUT2D eigenvalue weighted by atomic mass is 10.0. The Bertz CT molecular complexity index is 323. The van der Waals surface area contributed by atoms with Crippen molar-refractivity contribution in [2.24, 2.45) is 11.7 Å². The van der Waals surface area contributed by atoms with Crippen LogP contribution < -0.4 is 5.73 Å². The highest BCUT2D eigenvalue weighted by atomic mass is 127. The molecule has 1 fully saturated rings. The van der Waals surface area contributed by atoms with Gasteiger partial charge < -0.3 is 5.73 Å². The van der Waals surface area contributed by atoms with Crippen LogP contribution in [-0.4, -0.2) is 0 Å². The average Bonchev–Trinajstić information content (AvgIpc) is 2.91. The molecule has 0 saturated heterocycles. The van der Waals surface area contributed by atoms with E-state index in [0.717, 1.165) is 10.4 Å². The number of hydrogen-bond acceptors (Lipinski definition) is 1. The molecule has 0 radical (unpaired) electrons. The van der Waals surface area contributed by atoms with Crippen molar-refractivity contribution in [3.63, 3.8) is 0 Å². The van der Waals surface area contributed by atoms with Gasteiger partial charge in [-0.3, -0.25) is 0 Å². The second-order valence-electron chi connectivity index (χ2n) is 3.53. The van der Waals surface area contributed by atoms with Crippen LogP contribution in [0.3, 0.4) is 0 Å². The van der Waals surface area contributed by atoms with Crippen molar-refractivity contribution in [1.29, 1.82) is 0 Å². The van der Waals surface area contributed by atoms with Gasteiger partial charge in [-0.15, -0.1) is 0 Å². The summed E-state index contributed by atoms with van der Waals surface area (Å²) >= 11 is 5.83. The fraction of sp³-hybridized carbons (Fsp3) is 0.400. The van der Waals surface area contributed by atoms with Crippen LogP contribution in [0.2, 0.25) is 0 Å². The molecule has 0 spiro atoms. The zero-order valence-electron chi connectivity index (χ0n) is 7.13. The molecule has 0 amide bonds. The lowest BCUT2D eigenvalue weighted by molar-refractivity contribution is 0.630. The molecule has 2 rings (SSSR count). The molecular weight excluding hydrogens is 341 g/mol. The topological polar surface area (TPSA) is 26.0 Å². The molecule has 70 valence electrons. The fourth-order valence-corrected chi connectivity index (χ4v) is 2.55. The van der Waals surface area contributed by atoms with Gasteiger partial charge in [0.05, 0.1) is 0 Å². The molecule has 1 aromatic rings. The van der Waals surface area contributed by atoms with Crippen LogP contribution in [0.4, 0.5) is 0 Å². The van der Waals surface area contributed by atoms with Gasteiger partial charge in [-0.1, -0.05) is 15.9 Å². The first-order valence-corrected chi connectivity index (χ1v) is 6.26. The predicted molar refractivity (Wildman–Crippen MR) is 66.5 cm³/mol. The van der Waals surface area contributed by atoms with E-state index in [1.54, 1.807) is 0 Å². The van der Waals surface area contributed by atoms with Gasteiger partial charge >= 0.3 is 0 Å². The van der Waals surface area contributed by atoms with E-state index >= 15 is 0 Å². The van der Waals surface area contributed by atoms with Crippen LogP contribution in [-0.2, 0) is 0 Å². The van der Waals surface area contributed by atoms with Crippen LogP contribution >= 0.6 is 38.5 Å². The van der Waals surface area contributed by atoms with Crippen molar-refractivity contribution in [3.05, 3.63) is 31.8 Å². The second-order valence-corrected chi connectivity index (χ2v) is 5.61. The highest BCUT2D eigenvalue weighted by Crippen LogP contribution is 2.41. The minimum atomic E-state index is 0.240. The summed E-state index contributed by atoms with van der Waals surface area (Å²) in [5.41, 5.74) is 7.43. The second kappa shape index (κ2) is 3.87. The zero-order chi connectivity index (χ0) is 9.42. The van der Waals surface area contributed by atoms with E-state index in [0.29, 0.717) is 0 Å². The van der Waals surface area contributed by atoms with Crippen molar-refractivity contribution in [2.75, 3.05) is 0 Å². The summed E-state index contributed by atoms with van der Waals surface area (Å²) in [7, 11) is 0. The number of halogens is 2. The third-order valence-electron chi connectivity index (χ3n) is 2.45. The monoisotopic (exact) mass is 351 g/mol. The van der Waals surface area contributed by atoms with E-state index in [9.17, 15) is 0 Å². The number of benzene rings is 1. The summed E-state index contributed by atoms with van der Waals surface area (Å²) in [5, 5.41) is 0. The summed E-state index contributed by atoms with van der Waals surface area (Å²) in [4.78, 5) is 0. The molecule has 0 aliphatic heterocycles. The van der Waals surface area contributed by atoms with Gasteiger partial charge in [0.15, 0.2) is 0 Å². The van der Waals surface area contributed by atoms with Gasteiger partial charge in [-0.2, -0.15) is 0 Å². The molecular formula is C10H11BrIN. The summed E-state index contributed by atoms with van der Waals surface area (Å²) < 4.78 is 2.40. The van der Waals surface area contributed by atoms with Crippen LogP contribution in [0, 0.1) is 9.49 Å². The van der Waals surface area contributed by atoms with Gasteiger partial charge in [0.2, 0.25) is 0 Å². The van der Waals surface area contributed by atoms with Gasteiger partial charge in [-0.05, 0) is 65.1 Å². The van der Waals surface area contributed by atoms with E-state index in [4.69, 9.17) is 5.73 Å². The quantitative estimate of drug-likeness (QED) is 0.811. The van der Waals surface area contributed by atoms with Crippen molar-refractivity contribution >= 4 is 38.5 Å². The molecule has 2 N–H and O–H groups in total. The van der Waals surface area contributed by atoms with E-state index < -0.39 is 0 Å². The van der Waals surface area contributed by atoms with Crippen LogP contribution in [0.15, 0.2) is 22.7 Å². The molecule has 3 heteroatoms. The Hall–Kier alpha value is 0.390. The van der Waals surface area contributed by atoms with Crippen LogP contribution in [0.25, 0.3) is 0 Å². The number of hydrogen-bond donors (Lipinski definition) is 1. The fourth-order valence-electron chi connectivity index (χ4n) is 1.48. The van der Waals surface area contributed by atoms with Gasteiger partial charge in [0.25, 0.3) is 0 Å². The van der Waals surface area contributed by atoms with Crippen molar-refractivity contribution < 1.29 is 0 Å². The maximum Gasteiger partial charge on any atom is 0.0334 e. The molecule has 1 atom stereocenters. The van der Waals surface area contributed by atoms with Crippen LogP contribution in [0.1, 0.15) is 24.4 Å². The first-order chi connectivity index (χ1) is 6.18. The Balaban J connectivity index is 2.31. The first-order valence-electron chi connectivity index (χ1n) is 4.39. The van der Waals surface area contributed by atoms with Crippen molar-refractivity contribution in [2.45, 2.75) is 18.9 Å². The van der Waals surface area contributed by atoms with Crippen LogP contribution in [0.5, 0.6) is 0 Å². The maximum absolute atomic E-state index is 6.14. The number of rotatable bonds is 2. The average molecular weight is 352 g/mol. The first kappa shape index (κ1) is 9.93. The van der Waals surface area contributed by atoms with E-state index in [1.165, 1.54) is 22.0 Å². The van der Waals surface area contributed by atoms with Gasteiger partial charge in [0, 0.05) is 14.1 Å². The lowest BCUT2D eigenvalue weighted by Crippen LogP contribution is -2.13. The molecule has 0 heterocycles. The molecule has 1 aliphatic carbocycles. The zero-order valence-corrected chi connectivity index (χ0v) is 10.9. The summed E-state index contributed by atoms with van der Waals surface area (Å²) in [6.07, 6.45) is 2.59. The molecule has 1 unspecified atom stereocenters. The Morgan fingerprint density at radius 3 is 2.77 bits per heavy atom. The van der Waals surface area contributed by atoms with Crippen molar-refractivity contribution in [3.8, 4) is 0 Å². The maximum atomic E-state index is 6.14. The van der Waals surface area contributed by atoms with E-state index in [1.807, 2.05) is 0 Å². The third-order valence-corrected chi connectivity index (χ3v) is 3.92. The highest BCUT2D eigenvalue weighted by Gasteiger charge is 2.30. The molecule has 1 nitrogen and oxygen atoms in total. The Morgan fingerprint density at radius 2 is 2.15 bits per heavy atom. The van der Waals surface area contributed by atoms with E-state index in [2.05, 4.69) is 56.7 Å². The molecule has 1 saturated carbocycles.